The van der Waals surface area contributed by atoms with Gasteiger partial charge in [-0.3, -0.25) is 4.79 Å². The number of hydrogen-bond donors (Lipinski definition) is 2. The van der Waals surface area contributed by atoms with Crippen molar-refractivity contribution in [2.75, 3.05) is 0 Å². The molecule has 3 aliphatic carbocycles. The summed E-state index contributed by atoms with van der Waals surface area (Å²) < 4.78 is 11.1. The standard InChI is InChI=1S/C22H32O6/c1-11-13-9-15(24)28-22(13,26)10-14-16(11)18(27-12(2)23)17(25)19-20(3,4)7-6-8-21(14,19)5/h9,11,14,16-19,25-26H,6-8,10H2,1-5H3/t11-,14-,16-,17-,18+,19-,21+,22+/m0/s1. The third-order valence-electron chi connectivity index (χ3n) is 8.32. The van der Waals surface area contributed by atoms with Crippen LogP contribution in [-0.4, -0.2) is 40.1 Å². The van der Waals surface area contributed by atoms with Crippen molar-refractivity contribution >= 4 is 11.9 Å². The first-order valence-electron chi connectivity index (χ1n) is 10.4. The molecule has 0 aromatic rings. The van der Waals surface area contributed by atoms with E-state index >= 15 is 0 Å². The number of hydrogen-bond acceptors (Lipinski definition) is 6. The van der Waals surface area contributed by atoms with Gasteiger partial charge in [-0.2, -0.15) is 0 Å². The number of carbonyl (C=O) groups excluding carboxylic acids is 2. The highest BCUT2D eigenvalue weighted by atomic mass is 16.7. The van der Waals surface area contributed by atoms with E-state index in [9.17, 15) is 19.8 Å². The van der Waals surface area contributed by atoms with Gasteiger partial charge in [-0.25, -0.2) is 4.79 Å². The molecular weight excluding hydrogens is 360 g/mol. The molecule has 0 saturated heterocycles. The summed E-state index contributed by atoms with van der Waals surface area (Å²) in [5.41, 5.74) is 0.178. The van der Waals surface area contributed by atoms with Crippen LogP contribution in [0.5, 0.6) is 0 Å². The van der Waals surface area contributed by atoms with Crippen LogP contribution in [0, 0.1) is 34.5 Å². The van der Waals surface area contributed by atoms with Gasteiger partial charge in [0.05, 0.1) is 6.10 Å². The number of aliphatic hydroxyl groups is 2. The molecule has 0 unspecified atom stereocenters. The zero-order chi connectivity index (χ0) is 20.6. The minimum Gasteiger partial charge on any atom is -0.459 e. The Morgan fingerprint density at radius 2 is 1.96 bits per heavy atom. The summed E-state index contributed by atoms with van der Waals surface area (Å²) >= 11 is 0. The first kappa shape index (κ1) is 19.9. The lowest BCUT2D eigenvalue weighted by molar-refractivity contribution is -0.264. The quantitative estimate of drug-likeness (QED) is 0.666. The number of carbonyl (C=O) groups is 2. The van der Waals surface area contributed by atoms with Crippen LogP contribution in [0.4, 0.5) is 0 Å². The van der Waals surface area contributed by atoms with Gasteiger partial charge in [-0.15, -0.1) is 0 Å². The molecule has 0 bridgehead atoms. The highest BCUT2D eigenvalue weighted by Crippen LogP contribution is 2.66. The predicted molar refractivity (Wildman–Crippen MR) is 101 cm³/mol. The van der Waals surface area contributed by atoms with E-state index in [1.54, 1.807) is 0 Å². The molecule has 1 aliphatic heterocycles. The Hall–Kier alpha value is -1.40. The van der Waals surface area contributed by atoms with E-state index in [1.165, 1.54) is 13.0 Å². The van der Waals surface area contributed by atoms with E-state index in [1.807, 2.05) is 6.92 Å². The molecule has 2 N–H and O–H groups in total. The van der Waals surface area contributed by atoms with Crippen LogP contribution in [0.2, 0.25) is 0 Å². The third kappa shape index (κ3) is 2.60. The molecule has 0 radical (unpaired) electrons. The topological polar surface area (TPSA) is 93.1 Å². The molecule has 156 valence electrons. The monoisotopic (exact) mass is 392 g/mol. The van der Waals surface area contributed by atoms with Crippen LogP contribution < -0.4 is 0 Å². The van der Waals surface area contributed by atoms with Crippen molar-refractivity contribution < 1.29 is 29.3 Å². The molecule has 0 aromatic carbocycles. The summed E-state index contributed by atoms with van der Waals surface area (Å²) in [6.07, 6.45) is 3.19. The minimum absolute atomic E-state index is 0.0344. The van der Waals surface area contributed by atoms with E-state index in [0.29, 0.717) is 5.57 Å². The Balaban J connectivity index is 1.85. The molecule has 4 aliphatic rings. The highest BCUT2D eigenvalue weighted by molar-refractivity contribution is 5.86. The van der Waals surface area contributed by atoms with E-state index in [0.717, 1.165) is 19.3 Å². The Bertz CT molecular complexity index is 741. The average Bonchev–Trinajstić information content (AvgIpc) is 2.85. The van der Waals surface area contributed by atoms with Crippen molar-refractivity contribution in [2.24, 2.45) is 34.5 Å². The number of rotatable bonds is 1. The van der Waals surface area contributed by atoms with E-state index < -0.39 is 29.9 Å². The van der Waals surface area contributed by atoms with E-state index in [-0.39, 0.29) is 40.9 Å². The maximum absolute atomic E-state index is 12.0. The predicted octanol–water partition coefficient (Wildman–Crippen LogP) is 2.57. The van der Waals surface area contributed by atoms with Gasteiger partial charge in [0.1, 0.15) is 6.10 Å². The van der Waals surface area contributed by atoms with Gasteiger partial charge in [0.15, 0.2) is 0 Å². The summed E-state index contributed by atoms with van der Waals surface area (Å²) in [6, 6.07) is 0. The van der Waals surface area contributed by atoms with Crippen molar-refractivity contribution in [1.29, 1.82) is 0 Å². The lowest BCUT2D eigenvalue weighted by Gasteiger charge is -2.65. The Kier molecular flexibility index (Phi) is 4.30. The van der Waals surface area contributed by atoms with Gasteiger partial charge >= 0.3 is 11.9 Å². The Labute approximate surface area is 166 Å². The number of esters is 2. The summed E-state index contributed by atoms with van der Waals surface area (Å²) in [7, 11) is 0. The normalized spacial score (nSPS) is 49.2. The van der Waals surface area contributed by atoms with Crippen LogP contribution in [0.1, 0.15) is 60.3 Å². The zero-order valence-electron chi connectivity index (χ0n) is 17.4. The van der Waals surface area contributed by atoms with Crippen LogP contribution in [0.15, 0.2) is 11.6 Å². The van der Waals surface area contributed by atoms with Crippen molar-refractivity contribution in [2.45, 2.75) is 78.3 Å². The fraction of sp³-hybridized carbons (Fsp3) is 0.818. The lowest BCUT2D eigenvalue weighted by atomic mass is 9.41. The Morgan fingerprint density at radius 3 is 2.61 bits per heavy atom. The molecule has 8 atom stereocenters. The second kappa shape index (κ2) is 6.05. The molecule has 0 spiro atoms. The molecule has 28 heavy (non-hydrogen) atoms. The highest BCUT2D eigenvalue weighted by Gasteiger charge is 2.68. The molecular formula is C22H32O6. The van der Waals surface area contributed by atoms with Crippen LogP contribution in [0.3, 0.4) is 0 Å². The largest absolute Gasteiger partial charge is 0.459 e. The van der Waals surface area contributed by atoms with Crippen molar-refractivity contribution in [3.63, 3.8) is 0 Å². The second-order valence-electron chi connectivity index (χ2n) is 10.4. The molecule has 4 rings (SSSR count). The molecule has 6 heteroatoms. The average molecular weight is 392 g/mol. The number of fused-ring (bicyclic) bond motifs is 4. The molecule has 1 heterocycles. The molecule has 0 amide bonds. The fourth-order valence-electron chi connectivity index (χ4n) is 7.47. The SMILES string of the molecule is CC(=O)O[C@H]1[C@H](O)[C@H]2C(C)(C)CCC[C@]2(C)[C@H]2C[C@@]3(O)OC(=O)C=C3[C@H](C)[C@H]12. The summed E-state index contributed by atoms with van der Waals surface area (Å²) in [6.45, 7) is 9.85. The molecule has 6 nitrogen and oxygen atoms in total. The summed E-state index contributed by atoms with van der Waals surface area (Å²) in [5.74, 6) is -3.05. The Morgan fingerprint density at radius 1 is 1.29 bits per heavy atom. The van der Waals surface area contributed by atoms with Crippen LogP contribution in [0.25, 0.3) is 0 Å². The number of aliphatic hydroxyl groups excluding tert-OH is 1. The van der Waals surface area contributed by atoms with Gasteiger partial charge in [-0.05, 0) is 41.4 Å². The van der Waals surface area contributed by atoms with Crippen molar-refractivity contribution in [3.8, 4) is 0 Å². The van der Waals surface area contributed by atoms with Crippen molar-refractivity contribution in [1.82, 2.24) is 0 Å². The molecule has 3 fully saturated rings. The van der Waals surface area contributed by atoms with Gasteiger partial charge in [0, 0.05) is 30.9 Å². The first-order chi connectivity index (χ1) is 12.9. The lowest BCUT2D eigenvalue weighted by Crippen LogP contribution is -2.67. The fourth-order valence-corrected chi connectivity index (χ4v) is 7.47. The zero-order valence-corrected chi connectivity index (χ0v) is 17.4. The second-order valence-corrected chi connectivity index (χ2v) is 10.4. The van der Waals surface area contributed by atoms with Gasteiger partial charge in [-0.1, -0.05) is 34.1 Å². The third-order valence-corrected chi connectivity index (χ3v) is 8.32. The maximum atomic E-state index is 12.0. The van der Waals surface area contributed by atoms with Gasteiger partial charge in [0.25, 0.3) is 0 Å². The minimum atomic E-state index is -1.59. The van der Waals surface area contributed by atoms with E-state index in [2.05, 4.69) is 20.8 Å². The molecule has 3 saturated carbocycles. The van der Waals surface area contributed by atoms with Gasteiger partial charge < -0.3 is 19.7 Å². The van der Waals surface area contributed by atoms with Crippen molar-refractivity contribution in [3.05, 3.63) is 11.6 Å². The van der Waals surface area contributed by atoms with Crippen LogP contribution in [-0.2, 0) is 19.1 Å². The van der Waals surface area contributed by atoms with Gasteiger partial charge in [0.2, 0.25) is 5.79 Å². The molecule has 0 aromatic heterocycles. The first-order valence-corrected chi connectivity index (χ1v) is 10.4. The van der Waals surface area contributed by atoms with Crippen LogP contribution >= 0.6 is 0 Å². The number of ether oxygens (including phenoxy) is 2. The summed E-state index contributed by atoms with van der Waals surface area (Å²) in [4.78, 5) is 23.9. The van der Waals surface area contributed by atoms with E-state index in [4.69, 9.17) is 9.47 Å². The maximum Gasteiger partial charge on any atom is 0.333 e. The summed E-state index contributed by atoms with van der Waals surface area (Å²) in [5, 5.41) is 22.6. The smallest absolute Gasteiger partial charge is 0.333 e.